The fourth-order valence-corrected chi connectivity index (χ4v) is 9.48. The molecule has 0 aliphatic heterocycles. The average molecular weight is 740 g/mol. The van der Waals surface area contributed by atoms with E-state index in [1.165, 1.54) is 88.0 Å². The molecule has 0 radical (unpaired) electrons. The summed E-state index contributed by atoms with van der Waals surface area (Å²) in [6, 6.07) is 78.1. The highest BCUT2D eigenvalue weighted by Crippen LogP contribution is 2.51. The molecule has 0 amide bonds. The molecule has 58 heavy (non-hydrogen) atoms. The van der Waals surface area contributed by atoms with Gasteiger partial charge in [0.25, 0.3) is 0 Å². The molecule has 0 saturated heterocycles. The van der Waals surface area contributed by atoms with Gasteiger partial charge in [-0.05, 0) is 130 Å². The van der Waals surface area contributed by atoms with Crippen molar-refractivity contribution in [1.29, 1.82) is 0 Å². The minimum absolute atomic E-state index is 0.101. The Morgan fingerprint density at radius 1 is 0.293 bits per heavy atom. The Morgan fingerprint density at radius 3 is 1.52 bits per heavy atom. The zero-order chi connectivity index (χ0) is 38.8. The number of hydrogen-bond donors (Lipinski definition) is 0. The average Bonchev–Trinajstić information content (AvgIpc) is 3.52. The first-order valence-corrected chi connectivity index (χ1v) is 20.3. The van der Waals surface area contributed by atoms with Gasteiger partial charge in [-0.25, -0.2) is 0 Å². The Hall–Kier alpha value is -7.22. The molecule has 0 atom stereocenters. The molecule has 1 heteroatoms. The molecule has 0 bridgehead atoms. The van der Waals surface area contributed by atoms with Crippen LogP contribution in [0.3, 0.4) is 0 Å². The second-order valence-electron chi connectivity index (χ2n) is 16.1. The summed E-state index contributed by atoms with van der Waals surface area (Å²) in [5, 5.41) is 7.64. The molecule has 1 nitrogen and oxygen atoms in total. The zero-order valence-corrected chi connectivity index (χ0v) is 32.7. The summed E-state index contributed by atoms with van der Waals surface area (Å²) in [5.74, 6) is 0. The van der Waals surface area contributed by atoms with Crippen LogP contribution in [0, 0.1) is 0 Å². The number of nitrogens with zero attached hydrogens (tertiary/aromatic N) is 1. The van der Waals surface area contributed by atoms with Crippen LogP contribution in [-0.2, 0) is 5.41 Å². The lowest BCUT2D eigenvalue weighted by molar-refractivity contribution is 0.660. The molecule has 0 heterocycles. The van der Waals surface area contributed by atoms with Gasteiger partial charge in [0.1, 0.15) is 0 Å². The van der Waals surface area contributed by atoms with E-state index in [2.05, 4.69) is 231 Å². The predicted octanol–water partition coefficient (Wildman–Crippen LogP) is 15.9. The minimum Gasteiger partial charge on any atom is -0.310 e. The van der Waals surface area contributed by atoms with Crippen LogP contribution in [0.15, 0.2) is 212 Å². The van der Waals surface area contributed by atoms with Crippen molar-refractivity contribution >= 4 is 49.4 Å². The standard InChI is InChI=1S/C57H41N/c1-57(2)55-21-10-9-19-52(55)53-35-34-46(37-56(53)57)58(45-32-28-42(29-33-45)54-36-43-13-4-6-16-49(43)50-17-7-8-18-51(50)54)44-30-26-39(27-31-44)38-22-24-41(25-23-38)48-20-11-14-40-12-3-5-15-47(40)48/h3-37H,1-2H3. The van der Waals surface area contributed by atoms with E-state index >= 15 is 0 Å². The van der Waals surface area contributed by atoms with Crippen molar-refractivity contribution in [2.24, 2.45) is 0 Å². The lowest BCUT2D eigenvalue weighted by Gasteiger charge is -2.28. The second kappa shape index (κ2) is 13.5. The maximum atomic E-state index is 2.42. The van der Waals surface area contributed by atoms with E-state index < -0.39 is 0 Å². The Morgan fingerprint density at radius 2 is 0.776 bits per heavy atom. The van der Waals surface area contributed by atoms with Crippen LogP contribution >= 0.6 is 0 Å². The lowest BCUT2D eigenvalue weighted by atomic mass is 9.82. The molecule has 1 aliphatic rings. The van der Waals surface area contributed by atoms with Gasteiger partial charge in [-0.3, -0.25) is 0 Å². The Bertz CT molecular complexity index is 3160. The first-order chi connectivity index (χ1) is 28.5. The largest absolute Gasteiger partial charge is 0.310 e. The van der Waals surface area contributed by atoms with Gasteiger partial charge in [-0.1, -0.05) is 184 Å². The lowest BCUT2D eigenvalue weighted by Crippen LogP contribution is -2.16. The molecule has 0 unspecified atom stereocenters. The highest BCUT2D eigenvalue weighted by atomic mass is 15.1. The fourth-order valence-electron chi connectivity index (χ4n) is 9.48. The highest BCUT2D eigenvalue weighted by Gasteiger charge is 2.35. The van der Waals surface area contributed by atoms with Crippen LogP contribution in [-0.4, -0.2) is 0 Å². The van der Waals surface area contributed by atoms with E-state index in [1.54, 1.807) is 0 Å². The van der Waals surface area contributed by atoms with Gasteiger partial charge in [0.05, 0.1) is 0 Å². The van der Waals surface area contributed by atoms with Crippen LogP contribution < -0.4 is 4.90 Å². The van der Waals surface area contributed by atoms with Crippen molar-refractivity contribution in [3.8, 4) is 44.5 Å². The highest BCUT2D eigenvalue weighted by molar-refractivity contribution is 6.13. The molecule has 10 aromatic carbocycles. The first kappa shape index (κ1) is 34.1. The number of hydrogen-bond acceptors (Lipinski definition) is 1. The van der Waals surface area contributed by atoms with Crippen LogP contribution in [0.2, 0.25) is 0 Å². The molecule has 0 fully saturated rings. The molecule has 1 aliphatic carbocycles. The summed E-state index contributed by atoms with van der Waals surface area (Å²) in [6.07, 6.45) is 0. The number of anilines is 3. The zero-order valence-electron chi connectivity index (χ0n) is 32.7. The van der Waals surface area contributed by atoms with E-state index in [1.807, 2.05) is 0 Å². The summed E-state index contributed by atoms with van der Waals surface area (Å²) in [4.78, 5) is 2.41. The molecular formula is C57H41N. The van der Waals surface area contributed by atoms with Crippen LogP contribution in [0.4, 0.5) is 17.1 Å². The molecule has 11 rings (SSSR count). The van der Waals surface area contributed by atoms with Gasteiger partial charge < -0.3 is 4.90 Å². The maximum Gasteiger partial charge on any atom is 0.0465 e. The number of fused-ring (bicyclic) bond motifs is 7. The van der Waals surface area contributed by atoms with Crippen molar-refractivity contribution < 1.29 is 0 Å². The van der Waals surface area contributed by atoms with Crippen molar-refractivity contribution in [2.45, 2.75) is 19.3 Å². The summed E-state index contributed by atoms with van der Waals surface area (Å²) >= 11 is 0. The van der Waals surface area contributed by atoms with E-state index in [4.69, 9.17) is 0 Å². The second-order valence-corrected chi connectivity index (χ2v) is 16.1. The third kappa shape index (κ3) is 5.54. The van der Waals surface area contributed by atoms with Gasteiger partial charge in [-0.15, -0.1) is 0 Å². The molecular weight excluding hydrogens is 699 g/mol. The summed E-state index contributed by atoms with van der Waals surface area (Å²) in [7, 11) is 0. The van der Waals surface area contributed by atoms with Crippen LogP contribution in [0.5, 0.6) is 0 Å². The Labute approximate surface area is 340 Å². The molecule has 0 N–H and O–H groups in total. The van der Waals surface area contributed by atoms with Crippen molar-refractivity contribution in [1.82, 2.24) is 0 Å². The van der Waals surface area contributed by atoms with Gasteiger partial charge in [0.2, 0.25) is 0 Å². The summed E-state index contributed by atoms with van der Waals surface area (Å²) in [6.45, 7) is 4.71. The topological polar surface area (TPSA) is 3.24 Å². The van der Waals surface area contributed by atoms with Crippen LogP contribution in [0.25, 0.3) is 76.8 Å². The monoisotopic (exact) mass is 739 g/mol. The smallest absolute Gasteiger partial charge is 0.0465 e. The van der Waals surface area contributed by atoms with E-state index in [9.17, 15) is 0 Å². The number of rotatable bonds is 6. The van der Waals surface area contributed by atoms with Crippen LogP contribution in [0.1, 0.15) is 25.0 Å². The van der Waals surface area contributed by atoms with Gasteiger partial charge in [-0.2, -0.15) is 0 Å². The molecule has 0 saturated carbocycles. The Kier molecular flexibility index (Phi) is 7.91. The molecule has 274 valence electrons. The van der Waals surface area contributed by atoms with Gasteiger partial charge in [0.15, 0.2) is 0 Å². The number of benzene rings is 10. The first-order valence-electron chi connectivity index (χ1n) is 20.3. The van der Waals surface area contributed by atoms with Crippen molar-refractivity contribution in [3.63, 3.8) is 0 Å². The molecule has 0 aromatic heterocycles. The molecule has 0 spiro atoms. The normalized spacial score (nSPS) is 12.8. The van der Waals surface area contributed by atoms with E-state index in [-0.39, 0.29) is 5.41 Å². The fraction of sp³-hybridized carbons (Fsp3) is 0.0526. The van der Waals surface area contributed by atoms with E-state index in [0.29, 0.717) is 0 Å². The predicted molar refractivity (Wildman–Crippen MR) is 248 cm³/mol. The van der Waals surface area contributed by atoms with Gasteiger partial charge >= 0.3 is 0 Å². The summed E-state index contributed by atoms with van der Waals surface area (Å²) < 4.78 is 0. The van der Waals surface area contributed by atoms with Crippen molar-refractivity contribution in [3.05, 3.63) is 223 Å². The van der Waals surface area contributed by atoms with Gasteiger partial charge in [0, 0.05) is 22.5 Å². The SMILES string of the molecule is CC1(C)c2ccccc2-c2ccc(N(c3ccc(-c4ccc(-c5cccc6ccccc56)cc4)cc3)c3ccc(-c4cc5ccccc5c5ccccc45)cc3)cc21. The molecule has 10 aromatic rings. The minimum atomic E-state index is -0.101. The van der Waals surface area contributed by atoms with Crippen molar-refractivity contribution in [2.75, 3.05) is 4.90 Å². The maximum absolute atomic E-state index is 2.42. The quantitative estimate of drug-likeness (QED) is 0.154. The Balaban J connectivity index is 0.989. The van der Waals surface area contributed by atoms with E-state index in [0.717, 1.165) is 17.1 Å². The third-order valence-corrected chi connectivity index (χ3v) is 12.5. The third-order valence-electron chi connectivity index (χ3n) is 12.5. The summed E-state index contributed by atoms with van der Waals surface area (Å²) in [5.41, 5.74) is 16.0.